The van der Waals surface area contributed by atoms with Gasteiger partial charge in [-0.15, -0.1) is 11.3 Å². The number of nitrogens with two attached hydrogens (primary N) is 1. The lowest BCUT2D eigenvalue weighted by Gasteiger charge is -2.48. The summed E-state index contributed by atoms with van der Waals surface area (Å²) >= 11 is 1.47. The number of amides is 2. The SMILES string of the molecule is Cc1ccc(C2C(C(=O)NOCc3cscn3)c3ccccc3C(=O)N2C2CCCCC2N)cc1. The van der Waals surface area contributed by atoms with Gasteiger partial charge in [0.2, 0.25) is 0 Å². The average molecular weight is 491 g/mol. The number of carbonyl (C=O) groups is 2. The molecule has 2 amide bonds. The van der Waals surface area contributed by atoms with Crippen LogP contribution < -0.4 is 11.2 Å². The Morgan fingerprint density at radius 1 is 1.17 bits per heavy atom. The Morgan fingerprint density at radius 2 is 1.94 bits per heavy atom. The summed E-state index contributed by atoms with van der Waals surface area (Å²) in [4.78, 5) is 39.3. The first kappa shape index (κ1) is 23.7. The number of hydroxylamine groups is 1. The summed E-state index contributed by atoms with van der Waals surface area (Å²) in [7, 11) is 0. The van der Waals surface area contributed by atoms with Crippen LogP contribution in [-0.2, 0) is 16.2 Å². The fourth-order valence-electron chi connectivity index (χ4n) is 5.36. The lowest BCUT2D eigenvalue weighted by atomic mass is 9.76. The number of fused-ring (bicyclic) bond motifs is 1. The Kier molecular flexibility index (Phi) is 6.95. The minimum atomic E-state index is -0.642. The molecule has 0 radical (unpaired) electrons. The minimum Gasteiger partial charge on any atom is -0.326 e. The highest BCUT2D eigenvalue weighted by Crippen LogP contribution is 2.45. The summed E-state index contributed by atoms with van der Waals surface area (Å²) in [6.07, 6.45) is 3.76. The first-order valence-electron chi connectivity index (χ1n) is 12.1. The predicted octanol–water partition coefficient (Wildman–Crippen LogP) is 4.25. The summed E-state index contributed by atoms with van der Waals surface area (Å²) < 4.78 is 0. The second kappa shape index (κ2) is 10.3. The van der Waals surface area contributed by atoms with E-state index in [2.05, 4.69) is 10.5 Å². The van der Waals surface area contributed by atoms with Crippen molar-refractivity contribution in [2.24, 2.45) is 5.73 Å². The summed E-state index contributed by atoms with van der Waals surface area (Å²) in [6, 6.07) is 14.7. The van der Waals surface area contributed by atoms with Gasteiger partial charge in [-0.1, -0.05) is 60.9 Å². The van der Waals surface area contributed by atoms with Gasteiger partial charge < -0.3 is 10.6 Å². The lowest BCUT2D eigenvalue weighted by molar-refractivity contribution is -0.138. The second-order valence-corrected chi connectivity index (χ2v) is 10.1. The largest absolute Gasteiger partial charge is 0.326 e. The van der Waals surface area contributed by atoms with Crippen molar-refractivity contribution in [1.29, 1.82) is 0 Å². The van der Waals surface area contributed by atoms with Crippen LogP contribution in [-0.4, -0.2) is 33.8 Å². The molecular weight excluding hydrogens is 460 g/mol. The van der Waals surface area contributed by atoms with E-state index in [1.807, 2.05) is 59.7 Å². The van der Waals surface area contributed by atoms with E-state index >= 15 is 0 Å². The molecule has 0 saturated heterocycles. The van der Waals surface area contributed by atoms with Gasteiger partial charge in [-0.2, -0.15) is 0 Å². The first-order valence-corrected chi connectivity index (χ1v) is 13.0. The zero-order valence-electron chi connectivity index (χ0n) is 19.7. The molecule has 2 aliphatic rings. The van der Waals surface area contributed by atoms with Crippen LogP contribution >= 0.6 is 11.3 Å². The molecule has 4 unspecified atom stereocenters. The average Bonchev–Trinajstić information content (AvgIpc) is 3.39. The van der Waals surface area contributed by atoms with Crippen LogP contribution in [0.15, 0.2) is 59.4 Å². The van der Waals surface area contributed by atoms with E-state index in [-0.39, 0.29) is 30.5 Å². The van der Waals surface area contributed by atoms with Crippen molar-refractivity contribution in [2.45, 2.75) is 63.3 Å². The van der Waals surface area contributed by atoms with Gasteiger partial charge in [0.1, 0.15) is 6.61 Å². The molecule has 1 aromatic heterocycles. The van der Waals surface area contributed by atoms with Crippen molar-refractivity contribution < 1.29 is 14.4 Å². The Balaban J connectivity index is 1.56. The van der Waals surface area contributed by atoms with Gasteiger partial charge in [-0.05, 0) is 37.0 Å². The maximum absolute atomic E-state index is 14.0. The van der Waals surface area contributed by atoms with E-state index < -0.39 is 12.0 Å². The maximum atomic E-state index is 14.0. The maximum Gasteiger partial charge on any atom is 0.255 e. The smallest absolute Gasteiger partial charge is 0.255 e. The van der Waals surface area contributed by atoms with Crippen molar-refractivity contribution in [3.05, 3.63) is 87.4 Å². The molecule has 0 spiro atoms. The van der Waals surface area contributed by atoms with Gasteiger partial charge in [0.25, 0.3) is 11.8 Å². The molecule has 1 aliphatic heterocycles. The summed E-state index contributed by atoms with van der Waals surface area (Å²) in [5.74, 6) is -1.00. The molecular formula is C27H30N4O3S. The molecule has 3 aromatic rings. The van der Waals surface area contributed by atoms with Crippen LogP contribution in [0.2, 0.25) is 0 Å². The van der Waals surface area contributed by atoms with Crippen LogP contribution in [0.4, 0.5) is 0 Å². The molecule has 5 rings (SSSR count). The molecule has 35 heavy (non-hydrogen) atoms. The predicted molar refractivity (Wildman–Crippen MR) is 135 cm³/mol. The normalized spacial score (nSPS) is 24.2. The van der Waals surface area contributed by atoms with Crippen molar-refractivity contribution in [3.63, 3.8) is 0 Å². The number of nitrogens with zero attached hydrogens (tertiary/aromatic N) is 2. The van der Waals surface area contributed by atoms with Crippen LogP contribution in [0.5, 0.6) is 0 Å². The molecule has 0 bridgehead atoms. The van der Waals surface area contributed by atoms with Crippen molar-refractivity contribution in [3.8, 4) is 0 Å². The van der Waals surface area contributed by atoms with Gasteiger partial charge >= 0.3 is 0 Å². The number of carbonyl (C=O) groups excluding carboxylic acids is 2. The third kappa shape index (κ3) is 4.74. The summed E-state index contributed by atoms with van der Waals surface area (Å²) in [5, 5.41) is 1.88. The molecule has 182 valence electrons. The molecule has 7 nitrogen and oxygen atoms in total. The molecule has 8 heteroatoms. The Morgan fingerprint density at radius 3 is 2.69 bits per heavy atom. The summed E-state index contributed by atoms with van der Waals surface area (Å²) in [6.45, 7) is 2.20. The number of nitrogens with one attached hydrogen (secondary N) is 1. The van der Waals surface area contributed by atoms with Gasteiger partial charge in [-0.25, -0.2) is 10.5 Å². The topological polar surface area (TPSA) is 97.5 Å². The number of benzene rings is 2. The molecule has 1 saturated carbocycles. The van der Waals surface area contributed by atoms with E-state index in [4.69, 9.17) is 10.6 Å². The van der Waals surface area contributed by atoms with Crippen molar-refractivity contribution in [1.82, 2.24) is 15.4 Å². The van der Waals surface area contributed by atoms with E-state index in [0.29, 0.717) is 11.1 Å². The quantitative estimate of drug-likeness (QED) is 0.504. The number of hydrogen-bond donors (Lipinski definition) is 2. The Labute approximate surface area is 209 Å². The fraction of sp³-hybridized carbons (Fsp3) is 0.370. The highest BCUT2D eigenvalue weighted by molar-refractivity contribution is 7.07. The number of rotatable bonds is 6. The van der Waals surface area contributed by atoms with Crippen LogP contribution in [0.3, 0.4) is 0 Å². The second-order valence-electron chi connectivity index (χ2n) is 9.38. The van der Waals surface area contributed by atoms with Crippen molar-refractivity contribution >= 4 is 23.2 Å². The third-order valence-corrected chi connectivity index (χ3v) is 7.73. The third-order valence-electron chi connectivity index (χ3n) is 7.09. The Hall–Kier alpha value is -3.07. The molecule has 2 aromatic carbocycles. The van der Waals surface area contributed by atoms with Gasteiger partial charge in [0.15, 0.2) is 0 Å². The van der Waals surface area contributed by atoms with Crippen molar-refractivity contribution in [2.75, 3.05) is 0 Å². The zero-order chi connectivity index (χ0) is 24.4. The highest BCUT2D eigenvalue weighted by Gasteiger charge is 2.48. The van der Waals surface area contributed by atoms with Gasteiger partial charge in [0.05, 0.1) is 23.2 Å². The van der Waals surface area contributed by atoms with E-state index in [9.17, 15) is 9.59 Å². The van der Waals surface area contributed by atoms with Gasteiger partial charge in [-0.3, -0.25) is 14.4 Å². The van der Waals surface area contributed by atoms with E-state index in [1.165, 1.54) is 11.3 Å². The fourth-order valence-corrected chi connectivity index (χ4v) is 5.90. The molecule has 1 aliphatic carbocycles. The standard InChI is InChI=1S/C27H30N4O3S/c1-17-10-12-18(13-11-17)25-24(26(32)30-34-14-19-15-35-16-29-19)20-6-2-3-7-21(20)27(33)31(25)23-9-5-4-8-22(23)28/h2-3,6-7,10-13,15-16,22-25H,4-5,8-9,14,28H2,1H3,(H,30,32). The lowest BCUT2D eigenvalue weighted by Crippen LogP contribution is -2.57. The summed E-state index contributed by atoms with van der Waals surface area (Å²) in [5.41, 5.74) is 15.0. The van der Waals surface area contributed by atoms with Crippen LogP contribution in [0.25, 0.3) is 0 Å². The molecule has 4 atom stereocenters. The molecule has 3 N–H and O–H groups in total. The number of aromatic nitrogens is 1. The monoisotopic (exact) mass is 490 g/mol. The number of aryl methyl sites for hydroxylation is 1. The van der Waals surface area contributed by atoms with E-state index in [1.54, 1.807) is 11.6 Å². The van der Waals surface area contributed by atoms with Gasteiger partial charge in [0, 0.05) is 23.0 Å². The highest BCUT2D eigenvalue weighted by atomic mass is 32.1. The molecule has 2 heterocycles. The van der Waals surface area contributed by atoms with Crippen LogP contribution in [0, 0.1) is 6.92 Å². The number of hydrogen-bond acceptors (Lipinski definition) is 6. The van der Waals surface area contributed by atoms with E-state index in [0.717, 1.165) is 42.5 Å². The minimum absolute atomic E-state index is 0.0685. The Bertz CT molecular complexity index is 1180. The zero-order valence-corrected chi connectivity index (χ0v) is 20.5. The number of thiazole rings is 1. The van der Waals surface area contributed by atoms with Crippen LogP contribution in [0.1, 0.15) is 70.4 Å². The first-order chi connectivity index (χ1) is 17.0. The molecule has 1 fully saturated rings.